The van der Waals surface area contributed by atoms with Gasteiger partial charge >= 0.3 is 0 Å². The number of benzene rings is 2. The van der Waals surface area contributed by atoms with Gasteiger partial charge in [0.1, 0.15) is 12.4 Å². The molecule has 152 valence electrons. The molecule has 0 bridgehead atoms. The molecule has 2 aromatic carbocycles. The highest BCUT2D eigenvalue weighted by Crippen LogP contribution is 2.34. The first-order valence-electron chi connectivity index (χ1n) is 9.04. The number of carbonyl (C=O) groups is 1. The van der Waals surface area contributed by atoms with Crippen molar-refractivity contribution in [1.82, 2.24) is 0 Å². The number of amides is 1. The number of fused-ring (bicyclic) bond motifs is 1. The largest absolute Gasteiger partial charge is 0.486 e. The third-order valence-corrected chi connectivity index (χ3v) is 4.31. The Kier molecular flexibility index (Phi) is 6.02. The van der Waals surface area contributed by atoms with E-state index in [0.29, 0.717) is 17.2 Å². The van der Waals surface area contributed by atoms with E-state index in [-0.39, 0.29) is 34.8 Å². The van der Waals surface area contributed by atoms with Crippen LogP contribution < -0.4 is 14.8 Å². The molecule has 1 aliphatic rings. The van der Waals surface area contributed by atoms with Crippen molar-refractivity contribution in [2.75, 3.05) is 18.5 Å². The van der Waals surface area contributed by atoms with Gasteiger partial charge in [0.15, 0.2) is 17.6 Å². The summed E-state index contributed by atoms with van der Waals surface area (Å²) in [6.07, 6.45) is -0.426. The summed E-state index contributed by atoms with van der Waals surface area (Å²) in [6, 6.07) is 7.26. The van der Waals surface area contributed by atoms with E-state index in [2.05, 4.69) is 17.2 Å². The highest BCUT2D eigenvalue weighted by Gasteiger charge is 2.21. The number of aliphatic hydroxyl groups is 1. The molecule has 29 heavy (non-hydrogen) atoms. The molecule has 0 radical (unpaired) electrons. The quantitative estimate of drug-likeness (QED) is 0.732. The number of ether oxygens (including phenoxy) is 2. The van der Waals surface area contributed by atoms with E-state index in [1.807, 2.05) is 20.8 Å². The van der Waals surface area contributed by atoms with Gasteiger partial charge in [-0.2, -0.15) is 0 Å². The van der Waals surface area contributed by atoms with Crippen molar-refractivity contribution in [1.29, 1.82) is 0 Å². The minimum atomic E-state index is -0.617. The van der Waals surface area contributed by atoms with Crippen LogP contribution in [-0.4, -0.2) is 30.3 Å². The third kappa shape index (κ3) is 5.20. The Morgan fingerprint density at radius 3 is 2.76 bits per heavy atom. The number of nitrogens with one attached hydrogen (secondary N) is 1. The third-order valence-electron chi connectivity index (χ3n) is 4.00. The predicted molar refractivity (Wildman–Crippen MR) is 109 cm³/mol. The molecule has 0 spiro atoms. The lowest BCUT2D eigenvalue weighted by molar-refractivity contribution is 0.0457. The number of rotatable bonds is 3. The molecule has 0 fully saturated rings. The summed E-state index contributed by atoms with van der Waals surface area (Å²) in [5, 5.41) is 11.9. The monoisotopic (exact) mass is 417 g/mol. The fourth-order valence-corrected chi connectivity index (χ4v) is 2.80. The summed E-state index contributed by atoms with van der Waals surface area (Å²) in [6.45, 7) is 5.79. The Labute approximate surface area is 173 Å². The molecule has 0 aliphatic carbocycles. The molecular formula is C22H21ClFNO4. The summed E-state index contributed by atoms with van der Waals surface area (Å²) in [5.41, 5.74) is 0.289. The van der Waals surface area contributed by atoms with Crippen molar-refractivity contribution in [3.8, 4) is 23.3 Å². The Morgan fingerprint density at radius 2 is 2.07 bits per heavy atom. The van der Waals surface area contributed by atoms with E-state index in [1.165, 1.54) is 6.07 Å². The lowest BCUT2D eigenvalue weighted by atomic mass is 9.97. The standard InChI is InChI=1S/C22H21ClFNO4/c1-22(2,3)7-6-13-8-17(23)16(10-18(13)24)21(27)25-14-4-5-19-20(9-14)28-12-15(11-26)29-19/h4-5,8-10,15,26H,11-12H2,1-3H3,(H,25,27). The lowest BCUT2D eigenvalue weighted by Crippen LogP contribution is -2.32. The topological polar surface area (TPSA) is 67.8 Å². The summed E-state index contributed by atoms with van der Waals surface area (Å²) >= 11 is 6.20. The molecule has 7 heteroatoms. The van der Waals surface area contributed by atoms with Crippen LogP contribution in [0.15, 0.2) is 30.3 Å². The maximum Gasteiger partial charge on any atom is 0.257 e. The van der Waals surface area contributed by atoms with Gasteiger partial charge in [-0.05, 0) is 45.0 Å². The van der Waals surface area contributed by atoms with Crippen LogP contribution in [0.1, 0.15) is 36.7 Å². The molecule has 1 aliphatic heterocycles. The summed E-state index contributed by atoms with van der Waals surface area (Å²) in [7, 11) is 0. The SMILES string of the molecule is CC(C)(C)C#Cc1cc(Cl)c(C(=O)Nc2ccc3c(c2)OCC(CO)O3)cc1F. The van der Waals surface area contributed by atoms with E-state index in [9.17, 15) is 9.18 Å². The molecule has 2 N–H and O–H groups in total. The zero-order valence-corrected chi connectivity index (χ0v) is 17.1. The van der Waals surface area contributed by atoms with Crippen LogP contribution in [-0.2, 0) is 0 Å². The Hall–Kier alpha value is -2.75. The van der Waals surface area contributed by atoms with Crippen LogP contribution in [0, 0.1) is 23.1 Å². The number of hydrogen-bond donors (Lipinski definition) is 2. The molecule has 1 unspecified atom stereocenters. The molecule has 0 saturated heterocycles. The highest BCUT2D eigenvalue weighted by molar-refractivity contribution is 6.34. The number of hydrogen-bond acceptors (Lipinski definition) is 4. The molecular weight excluding hydrogens is 397 g/mol. The average Bonchev–Trinajstić information content (AvgIpc) is 2.67. The second-order valence-electron chi connectivity index (χ2n) is 7.66. The van der Waals surface area contributed by atoms with Crippen LogP contribution in [0.2, 0.25) is 5.02 Å². The van der Waals surface area contributed by atoms with Gasteiger partial charge in [-0.25, -0.2) is 4.39 Å². The van der Waals surface area contributed by atoms with Crippen LogP contribution in [0.25, 0.3) is 0 Å². The molecule has 2 aromatic rings. The number of carbonyl (C=O) groups excluding carboxylic acids is 1. The molecule has 0 aromatic heterocycles. The Morgan fingerprint density at radius 1 is 1.31 bits per heavy atom. The van der Waals surface area contributed by atoms with Gasteiger partial charge < -0.3 is 19.9 Å². The number of halogens is 2. The van der Waals surface area contributed by atoms with Gasteiger partial charge in [0, 0.05) is 17.2 Å². The summed E-state index contributed by atoms with van der Waals surface area (Å²) in [4.78, 5) is 12.6. The number of anilines is 1. The van der Waals surface area contributed by atoms with E-state index in [0.717, 1.165) is 6.07 Å². The van der Waals surface area contributed by atoms with Crippen LogP contribution in [0.5, 0.6) is 11.5 Å². The van der Waals surface area contributed by atoms with E-state index in [4.69, 9.17) is 26.2 Å². The normalized spacial score (nSPS) is 15.3. The Bertz CT molecular complexity index is 1000. The minimum Gasteiger partial charge on any atom is -0.486 e. The summed E-state index contributed by atoms with van der Waals surface area (Å²) < 4.78 is 25.5. The van der Waals surface area contributed by atoms with Gasteiger partial charge in [-0.15, -0.1) is 0 Å². The van der Waals surface area contributed by atoms with Crippen molar-refractivity contribution in [2.24, 2.45) is 5.41 Å². The van der Waals surface area contributed by atoms with Gasteiger partial charge in [0.05, 0.1) is 22.8 Å². The fourth-order valence-electron chi connectivity index (χ4n) is 2.55. The molecule has 1 heterocycles. The van der Waals surface area contributed by atoms with E-state index < -0.39 is 17.8 Å². The van der Waals surface area contributed by atoms with Crippen molar-refractivity contribution < 1.29 is 23.8 Å². The maximum absolute atomic E-state index is 14.4. The van der Waals surface area contributed by atoms with Crippen molar-refractivity contribution in [2.45, 2.75) is 26.9 Å². The first kappa shape index (κ1) is 21.0. The molecule has 0 saturated carbocycles. The zero-order valence-electron chi connectivity index (χ0n) is 16.3. The van der Waals surface area contributed by atoms with Gasteiger partial charge in [0.2, 0.25) is 0 Å². The van der Waals surface area contributed by atoms with Crippen LogP contribution in [0.4, 0.5) is 10.1 Å². The first-order chi connectivity index (χ1) is 13.7. The van der Waals surface area contributed by atoms with Crippen molar-refractivity contribution in [3.63, 3.8) is 0 Å². The van der Waals surface area contributed by atoms with Gasteiger partial charge in [0.25, 0.3) is 5.91 Å². The fraction of sp³-hybridized carbons (Fsp3) is 0.318. The second-order valence-corrected chi connectivity index (χ2v) is 8.07. The Balaban J connectivity index is 1.79. The molecule has 1 atom stereocenters. The molecule has 1 amide bonds. The molecule has 3 rings (SSSR count). The first-order valence-corrected chi connectivity index (χ1v) is 9.42. The van der Waals surface area contributed by atoms with E-state index >= 15 is 0 Å². The average molecular weight is 418 g/mol. The lowest BCUT2D eigenvalue weighted by Gasteiger charge is -2.25. The van der Waals surface area contributed by atoms with Crippen molar-refractivity contribution in [3.05, 3.63) is 52.3 Å². The van der Waals surface area contributed by atoms with Crippen LogP contribution >= 0.6 is 11.6 Å². The summed E-state index contributed by atoms with van der Waals surface area (Å²) in [5.74, 6) is 5.44. The predicted octanol–water partition coefficient (Wildman–Crippen LogP) is 4.26. The van der Waals surface area contributed by atoms with Gasteiger partial charge in [-0.3, -0.25) is 4.79 Å². The molecule has 5 nitrogen and oxygen atoms in total. The zero-order chi connectivity index (χ0) is 21.2. The van der Waals surface area contributed by atoms with Crippen LogP contribution in [0.3, 0.4) is 0 Å². The number of aliphatic hydroxyl groups excluding tert-OH is 1. The second kappa shape index (κ2) is 8.32. The minimum absolute atomic E-state index is 0.000656. The van der Waals surface area contributed by atoms with E-state index in [1.54, 1.807) is 18.2 Å². The van der Waals surface area contributed by atoms with Gasteiger partial charge in [-0.1, -0.05) is 23.4 Å². The highest BCUT2D eigenvalue weighted by atomic mass is 35.5. The van der Waals surface area contributed by atoms with Crippen molar-refractivity contribution >= 4 is 23.2 Å². The maximum atomic E-state index is 14.4. The smallest absolute Gasteiger partial charge is 0.257 e.